The molecule has 5 heteroatoms. The van der Waals surface area contributed by atoms with Crippen molar-refractivity contribution in [3.63, 3.8) is 0 Å². The third-order valence-corrected chi connectivity index (χ3v) is 12.0. The van der Waals surface area contributed by atoms with Crippen LogP contribution in [0.5, 0.6) is 0 Å². The van der Waals surface area contributed by atoms with Gasteiger partial charge in [0.1, 0.15) is 6.10 Å². The number of hydrogen-bond donors (Lipinski definition) is 0. The first kappa shape index (κ1) is 24.4. The van der Waals surface area contributed by atoms with Crippen LogP contribution in [0.1, 0.15) is 41.0 Å². The molecular weight excluding hydrogens is 428 g/mol. The minimum Gasteiger partial charge on any atom is -0.402 e. The van der Waals surface area contributed by atoms with E-state index >= 15 is 0 Å². The molecule has 178 valence electrons. The highest BCUT2D eigenvalue weighted by atomic mass is 28.4. The van der Waals surface area contributed by atoms with E-state index in [1.807, 2.05) is 19.9 Å². The molecule has 2 aromatic rings. The van der Waals surface area contributed by atoms with Gasteiger partial charge in [-0.15, -0.1) is 6.58 Å². The Morgan fingerprint density at radius 2 is 1.58 bits per heavy atom. The normalized spacial score (nSPS) is 27.5. The standard InChI is InChI=1S/C28H38O4Si/c1-7-14-23-24(19-29-26(23)25-20-30-28(5,6)31-25)32-33(27(2,3)4,21-15-10-8-11-16-21)22-17-12-9-13-18-22/h7-13,15-18,23-26H,1,14,19-20H2,2-6H3/t23-,24-,25-,26-/m0/s1. The van der Waals surface area contributed by atoms with Crippen LogP contribution in [-0.2, 0) is 18.6 Å². The van der Waals surface area contributed by atoms with Crippen molar-refractivity contribution in [1.82, 2.24) is 0 Å². The highest BCUT2D eigenvalue weighted by molar-refractivity contribution is 6.99. The quantitative estimate of drug-likeness (QED) is 0.439. The van der Waals surface area contributed by atoms with E-state index in [-0.39, 0.29) is 29.3 Å². The zero-order valence-corrected chi connectivity index (χ0v) is 21.6. The van der Waals surface area contributed by atoms with Gasteiger partial charge in [0.25, 0.3) is 8.32 Å². The Bertz CT molecular complexity index is 882. The maximum Gasteiger partial charge on any atom is 0.261 e. The second-order valence-corrected chi connectivity index (χ2v) is 14.9. The van der Waals surface area contributed by atoms with Crippen LogP contribution in [0.3, 0.4) is 0 Å². The maximum atomic E-state index is 7.41. The van der Waals surface area contributed by atoms with Gasteiger partial charge in [0.05, 0.1) is 25.4 Å². The maximum absolute atomic E-state index is 7.41. The van der Waals surface area contributed by atoms with E-state index in [4.69, 9.17) is 18.6 Å². The van der Waals surface area contributed by atoms with Gasteiger partial charge in [0.15, 0.2) is 5.79 Å². The van der Waals surface area contributed by atoms with Gasteiger partial charge in [-0.05, 0) is 35.7 Å². The third-order valence-electron chi connectivity index (χ3n) is 6.93. The summed E-state index contributed by atoms with van der Waals surface area (Å²) < 4.78 is 25.9. The molecule has 0 aromatic heterocycles. The number of ether oxygens (including phenoxy) is 3. The summed E-state index contributed by atoms with van der Waals surface area (Å²) in [6.07, 6.45) is 2.57. The molecule has 2 saturated heterocycles. The summed E-state index contributed by atoms with van der Waals surface area (Å²) in [5.74, 6) is -0.421. The molecule has 0 bridgehead atoms. The van der Waals surface area contributed by atoms with Crippen LogP contribution >= 0.6 is 0 Å². The summed E-state index contributed by atoms with van der Waals surface area (Å²) >= 11 is 0. The predicted molar refractivity (Wildman–Crippen MR) is 135 cm³/mol. The summed E-state index contributed by atoms with van der Waals surface area (Å²) in [6, 6.07) is 21.6. The van der Waals surface area contributed by atoms with Crippen LogP contribution < -0.4 is 10.4 Å². The molecule has 2 aromatic carbocycles. The molecule has 0 spiro atoms. The van der Waals surface area contributed by atoms with Crippen molar-refractivity contribution in [2.24, 2.45) is 5.92 Å². The lowest BCUT2D eigenvalue weighted by Gasteiger charge is -2.45. The van der Waals surface area contributed by atoms with Crippen molar-refractivity contribution in [2.45, 2.75) is 70.2 Å². The molecular formula is C28H38O4Si. The molecule has 2 aliphatic heterocycles. The summed E-state index contributed by atoms with van der Waals surface area (Å²) in [4.78, 5) is 0. The summed E-state index contributed by atoms with van der Waals surface area (Å²) in [7, 11) is -2.67. The molecule has 0 unspecified atom stereocenters. The van der Waals surface area contributed by atoms with E-state index in [1.54, 1.807) is 0 Å². The highest BCUT2D eigenvalue weighted by Gasteiger charge is 2.55. The predicted octanol–water partition coefficient (Wildman–Crippen LogP) is 4.67. The zero-order valence-electron chi connectivity index (χ0n) is 20.6. The topological polar surface area (TPSA) is 36.9 Å². The molecule has 2 aliphatic rings. The Morgan fingerprint density at radius 3 is 2.03 bits per heavy atom. The fourth-order valence-electron chi connectivity index (χ4n) is 5.44. The largest absolute Gasteiger partial charge is 0.402 e. The van der Waals surface area contributed by atoms with E-state index < -0.39 is 14.1 Å². The van der Waals surface area contributed by atoms with Crippen LogP contribution in [0.4, 0.5) is 0 Å². The molecule has 2 fully saturated rings. The van der Waals surface area contributed by atoms with Gasteiger partial charge in [0.2, 0.25) is 0 Å². The van der Waals surface area contributed by atoms with Gasteiger partial charge in [0, 0.05) is 5.92 Å². The van der Waals surface area contributed by atoms with Crippen molar-refractivity contribution in [3.8, 4) is 0 Å². The second-order valence-electron chi connectivity index (χ2n) is 10.7. The van der Waals surface area contributed by atoms with Crippen LogP contribution in [0.25, 0.3) is 0 Å². The van der Waals surface area contributed by atoms with Crippen LogP contribution in [0.15, 0.2) is 73.3 Å². The number of allylic oxidation sites excluding steroid dienone is 1. The minimum atomic E-state index is -2.67. The van der Waals surface area contributed by atoms with E-state index in [0.29, 0.717) is 13.2 Å². The summed E-state index contributed by atoms with van der Waals surface area (Å²) in [6.45, 7) is 16.0. The average molecular weight is 467 g/mol. The van der Waals surface area contributed by atoms with E-state index in [9.17, 15) is 0 Å². The molecule has 0 radical (unpaired) electrons. The van der Waals surface area contributed by atoms with Gasteiger partial charge in [-0.3, -0.25) is 0 Å². The van der Waals surface area contributed by atoms with Crippen molar-refractivity contribution in [2.75, 3.05) is 13.2 Å². The minimum absolute atomic E-state index is 0.0494. The first-order valence-corrected chi connectivity index (χ1v) is 13.9. The van der Waals surface area contributed by atoms with Gasteiger partial charge in [-0.2, -0.15) is 0 Å². The molecule has 0 amide bonds. The average Bonchev–Trinajstić information content (AvgIpc) is 3.35. The molecule has 4 rings (SSSR count). The monoisotopic (exact) mass is 466 g/mol. The van der Waals surface area contributed by atoms with Crippen LogP contribution in [0.2, 0.25) is 5.04 Å². The Morgan fingerprint density at radius 1 is 1.00 bits per heavy atom. The molecule has 33 heavy (non-hydrogen) atoms. The molecule has 2 heterocycles. The molecule has 4 nitrogen and oxygen atoms in total. The van der Waals surface area contributed by atoms with Gasteiger partial charge < -0.3 is 18.6 Å². The van der Waals surface area contributed by atoms with Gasteiger partial charge in [-0.25, -0.2) is 0 Å². The van der Waals surface area contributed by atoms with Gasteiger partial charge >= 0.3 is 0 Å². The lowest BCUT2D eigenvalue weighted by molar-refractivity contribution is -0.154. The third kappa shape index (κ3) is 4.75. The smallest absolute Gasteiger partial charge is 0.261 e. The van der Waals surface area contributed by atoms with E-state index in [0.717, 1.165) is 6.42 Å². The van der Waals surface area contributed by atoms with E-state index in [1.165, 1.54) is 10.4 Å². The Kier molecular flexibility index (Phi) is 6.99. The number of benzene rings is 2. The van der Waals surface area contributed by atoms with E-state index in [2.05, 4.69) is 88.0 Å². The molecule has 0 aliphatic carbocycles. The summed E-state index contributed by atoms with van der Waals surface area (Å²) in [5, 5.41) is 2.48. The lowest BCUT2D eigenvalue weighted by atomic mass is 9.92. The molecule has 4 atom stereocenters. The second kappa shape index (κ2) is 9.47. The van der Waals surface area contributed by atoms with Gasteiger partial charge in [-0.1, -0.05) is 87.5 Å². The van der Waals surface area contributed by atoms with Crippen LogP contribution in [0, 0.1) is 5.92 Å². The number of rotatable bonds is 7. The van der Waals surface area contributed by atoms with Crippen molar-refractivity contribution in [1.29, 1.82) is 0 Å². The Hall–Kier alpha value is -1.76. The van der Waals surface area contributed by atoms with Crippen molar-refractivity contribution >= 4 is 18.7 Å². The zero-order chi connectivity index (χ0) is 23.7. The lowest BCUT2D eigenvalue weighted by Crippen LogP contribution is -2.68. The Labute approximate surface area is 200 Å². The molecule has 0 N–H and O–H groups in total. The SMILES string of the molecule is C=CC[C@@H]1[C@@H]([C@@H]2COC(C)(C)O2)OC[C@@H]1O[Si](c1ccccc1)(c1ccccc1)C(C)(C)C. The van der Waals surface area contributed by atoms with Crippen molar-refractivity contribution < 1.29 is 18.6 Å². The Balaban J connectivity index is 1.74. The highest BCUT2D eigenvalue weighted by Crippen LogP contribution is 2.42. The number of hydrogen-bond acceptors (Lipinski definition) is 4. The molecule has 0 saturated carbocycles. The summed E-state index contributed by atoms with van der Waals surface area (Å²) in [5.41, 5.74) is 0. The van der Waals surface area contributed by atoms with Crippen LogP contribution in [-0.4, -0.2) is 45.6 Å². The van der Waals surface area contributed by atoms with Crippen molar-refractivity contribution in [3.05, 3.63) is 73.3 Å². The first-order chi connectivity index (χ1) is 15.7. The first-order valence-electron chi connectivity index (χ1n) is 12.0. The fraction of sp³-hybridized carbons (Fsp3) is 0.500. The fourth-order valence-corrected chi connectivity index (χ4v) is 10.2.